The Kier molecular flexibility index (Phi) is 9.43. The molecule has 2 saturated carbocycles. The van der Waals surface area contributed by atoms with Crippen molar-refractivity contribution in [2.45, 2.75) is 134 Å². The monoisotopic (exact) mass is 425 g/mol. The number of nitriles is 1. The molecule has 0 bridgehead atoms. The Bertz CT molecular complexity index is 704. The van der Waals surface area contributed by atoms with Gasteiger partial charge >= 0.3 is 0 Å². The minimum atomic E-state index is -0.335. The average molecular weight is 426 g/mol. The first-order valence-electron chi connectivity index (χ1n) is 13.3. The number of unbranched alkanes of at least 4 members (excludes halogenated alkanes) is 4. The summed E-state index contributed by atoms with van der Waals surface area (Å²) in [4.78, 5) is 0. The second-order valence-corrected chi connectivity index (χ2v) is 10.7. The number of rotatable bonds is 11. The Labute approximate surface area is 190 Å². The summed E-state index contributed by atoms with van der Waals surface area (Å²) in [6.45, 7) is 2.30. The molecular formula is C29H44FN. The van der Waals surface area contributed by atoms with Gasteiger partial charge in [0.1, 0.15) is 11.9 Å². The van der Waals surface area contributed by atoms with Crippen LogP contribution >= 0.6 is 0 Å². The van der Waals surface area contributed by atoms with Crippen LogP contribution in [-0.4, -0.2) is 0 Å². The van der Waals surface area contributed by atoms with E-state index >= 15 is 0 Å². The van der Waals surface area contributed by atoms with Gasteiger partial charge in [-0.3, -0.25) is 0 Å². The lowest BCUT2D eigenvalue weighted by atomic mass is 9.65. The zero-order valence-corrected chi connectivity index (χ0v) is 20.0. The van der Waals surface area contributed by atoms with E-state index in [4.69, 9.17) is 5.26 Å². The topological polar surface area (TPSA) is 23.8 Å². The lowest BCUT2D eigenvalue weighted by molar-refractivity contribution is 0.144. The highest BCUT2D eigenvalue weighted by molar-refractivity contribution is 5.37. The molecule has 1 nitrogen and oxygen atoms in total. The Morgan fingerprint density at radius 3 is 2.03 bits per heavy atom. The summed E-state index contributed by atoms with van der Waals surface area (Å²) in [6, 6.07) is 7.41. The number of nitrogens with zero attached hydrogens (tertiary/aromatic N) is 1. The van der Waals surface area contributed by atoms with Gasteiger partial charge in [-0.25, -0.2) is 4.39 Å². The van der Waals surface area contributed by atoms with E-state index in [2.05, 4.69) is 6.92 Å². The van der Waals surface area contributed by atoms with Crippen molar-refractivity contribution in [3.05, 3.63) is 35.1 Å². The molecule has 3 rings (SSSR count). The van der Waals surface area contributed by atoms with Gasteiger partial charge < -0.3 is 0 Å². The molecule has 0 saturated heterocycles. The maximum absolute atomic E-state index is 14.4. The first-order chi connectivity index (χ1) is 15.1. The van der Waals surface area contributed by atoms with Gasteiger partial charge in [-0.15, -0.1) is 0 Å². The molecule has 0 unspecified atom stereocenters. The molecular weight excluding hydrogens is 381 g/mol. The Morgan fingerprint density at radius 2 is 1.42 bits per heavy atom. The van der Waals surface area contributed by atoms with Crippen LogP contribution in [0, 0.1) is 22.6 Å². The van der Waals surface area contributed by atoms with E-state index in [1.807, 2.05) is 12.1 Å². The van der Waals surface area contributed by atoms with Gasteiger partial charge in [0, 0.05) is 0 Å². The fraction of sp³-hybridized carbons (Fsp3) is 0.759. The highest BCUT2D eigenvalue weighted by Gasteiger charge is 2.35. The van der Waals surface area contributed by atoms with Crippen LogP contribution in [0.25, 0.3) is 0 Å². The molecule has 172 valence electrons. The van der Waals surface area contributed by atoms with E-state index in [9.17, 15) is 4.39 Å². The molecule has 2 aliphatic rings. The van der Waals surface area contributed by atoms with Crippen LogP contribution in [0.2, 0.25) is 0 Å². The summed E-state index contributed by atoms with van der Waals surface area (Å²) >= 11 is 0. The van der Waals surface area contributed by atoms with E-state index in [0.29, 0.717) is 5.41 Å². The summed E-state index contributed by atoms with van der Waals surface area (Å²) < 4.78 is 14.4. The number of hydrogen-bond acceptors (Lipinski definition) is 1. The average Bonchev–Trinajstić information content (AvgIpc) is 2.81. The van der Waals surface area contributed by atoms with Crippen molar-refractivity contribution in [1.82, 2.24) is 0 Å². The van der Waals surface area contributed by atoms with Crippen molar-refractivity contribution in [3.63, 3.8) is 0 Å². The predicted octanol–water partition coefficient (Wildman–Crippen LogP) is 9.38. The highest BCUT2D eigenvalue weighted by Crippen LogP contribution is 2.47. The van der Waals surface area contributed by atoms with Crippen molar-refractivity contribution in [1.29, 1.82) is 5.26 Å². The van der Waals surface area contributed by atoms with Crippen molar-refractivity contribution < 1.29 is 4.39 Å². The lowest BCUT2D eigenvalue weighted by Gasteiger charge is -2.40. The Balaban J connectivity index is 1.60. The van der Waals surface area contributed by atoms with Gasteiger partial charge in [-0.1, -0.05) is 90.0 Å². The third kappa shape index (κ3) is 6.57. The van der Waals surface area contributed by atoms with Crippen molar-refractivity contribution in [2.24, 2.45) is 5.41 Å². The standard InChI is InChI=1S/C29H44FN/c1-2-3-4-7-16-28(17-8-5-9-18-28)19-12-13-22-29(20-10-6-11-21-29)26-15-14-25(24-31)27(30)23-26/h14-15,23H,2-13,16-22H2,1H3. The van der Waals surface area contributed by atoms with Gasteiger partial charge in [0.15, 0.2) is 0 Å². The molecule has 0 radical (unpaired) electrons. The fourth-order valence-corrected chi connectivity index (χ4v) is 6.66. The van der Waals surface area contributed by atoms with Crippen molar-refractivity contribution in [2.75, 3.05) is 0 Å². The minimum absolute atomic E-state index is 0.133. The normalized spacial score (nSPS) is 20.3. The zero-order chi connectivity index (χ0) is 22.0. The molecule has 0 heterocycles. The van der Waals surface area contributed by atoms with Gasteiger partial charge in [-0.2, -0.15) is 5.26 Å². The second-order valence-electron chi connectivity index (χ2n) is 10.7. The fourth-order valence-electron chi connectivity index (χ4n) is 6.66. The molecule has 0 aliphatic heterocycles. The third-order valence-corrected chi connectivity index (χ3v) is 8.60. The van der Waals surface area contributed by atoms with E-state index in [-0.39, 0.29) is 16.8 Å². The largest absolute Gasteiger partial charge is 0.206 e. The summed E-state index contributed by atoms with van der Waals surface area (Å²) in [5.41, 5.74) is 2.08. The molecule has 1 aromatic rings. The maximum Gasteiger partial charge on any atom is 0.141 e. The van der Waals surface area contributed by atoms with Crippen LogP contribution in [0.15, 0.2) is 18.2 Å². The van der Waals surface area contributed by atoms with Gasteiger partial charge in [0.2, 0.25) is 0 Å². The van der Waals surface area contributed by atoms with Crippen LogP contribution in [0.1, 0.15) is 140 Å². The van der Waals surface area contributed by atoms with Crippen LogP contribution in [0.5, 0.6) is 0 Å². The van der Waals surface area contributed by atoms with Gasteiger partial charge in [0.05, 0.1) is 5.56 Å². The molecule has 0 amide bonds. The van der Waals surface area contributed by atoms with Gasteiger partial charge in [-0.05, 0) is 73.5 Å². The SMILES string of the molecule is CCCCCCC1(CCCCC2(c3ccc(C#N)c(F)c3)CCCCC2)CCCCC1. The molecule has 2 fully saturated rings. The van der Waals surface area contributed by atoms with Crippen molar-refractivity contribution in [3.8, 4) is 6.07 Å². The summed E-state index contributed by atoms with van der Waals surface area (Å²) in [5, 5.41) is 9.11. The maximum atomic E-state index is 14.4. The first kappa shape index (κ1) is 24.3. The number of benzene rings is 1. The molecule has 2 heteroatoms. The second kappa shape index (κ2) is 12.0. The van der Waals surface area contributed by atoms with Crippen LogP contribution in [0.3, 0.4) is 0 Å². The van der Waals surface area contributed by atoms with Crippen LogP contribution in [0.4, 0.5) is 4.39 Å². The molecule has 0 N–H and O–H groups in total. The molecule has 2 aliphatic carbocycles. The summed E-state index contributed by atoms with van der Waals surface area (Å²) in [5.74, 6) is -0.335. The van der Waals surface area contributed by atoms with Gasteiger partial charge in [0.25, 0.3) is 0 Å². The summed E-state index contributed by atoms with van der Waals surface area (Å²) in [7, 11) is 0. The van der Waals surface area contributed by atoms with Crippen molar-refractivity contribution >= 4 is 0 Å². The first-order valence-corrected chi connectivity index (χ1v) is 13.3. The molecule has 0 atom stereocenters. The molecule has 0 aromatic heterocycles. The molecule has 0 spiro atoms. The smallest absolute Gasteiger partial charge is 0.141 e. The third-order valence-electron chi connectivity index (χ3n) is 8.60. The Morgan fingerprint density at radius 1 is 0.806 bits per heavy atom. The van der Waals surface area contributed by atoms with E-state index < -0.39 is 0 Å². The quantitative estimate of drug-likeness (QED) is 0.324. The predicted molar refractivity (Wildman–Crippen MR) is 129 cm³/mol. The minimum Gasteiger partial charge on any atom is -0.206 e. The number of hydrogen-bond donors (Lipinski definition) is 0. The highest BCUT2D eigenvalue weighted by atomic mass is 19.1. The zero-order valence-electron chi connectivity index (χ0n) is 20.0. The van der Waals surface area contributed by atoms with E-state index in [1.165, 1.54) is 122 Å². The Hall–Kier alpha value is -1.36. The summed E-state index contributed by atoms with van der Waals surface area (Å²) in [6.07, 6.45) is 25.5. The molecule has 31 heavy (non-hydrogen) atoms. The van der Waals surface area contributed by atoms with Crippen LogP contribution in [-0.2, 0) is 5.41 Å². The van der Waals surface area contributed by atoms with E-state index in [1.54, 1.807) is 12.1 Å². The lowest BCUT2D eigenvalue weighted by Crippen LogP contribution is -2.29. The number of halogens is 1. The van der Waals surface area contributed by atoms with E-state index in [0.717, 1.165) is 5.56 Å². The molecule has 1 aromatic carbocycles. The van der Waals surface area contributed by atoms with Crippen LogP contribution < -0.4 is 0 Å².